The zero-order valence-corrected chi connectivity index (χ0v) is 14.4. The molecule has 0 fully saturated rings. The Labute approximate surface area is 149 Å². The van der Waals surface area contributed by atoms with E-state index in [1.165, 1.54) is 0 Å². The zero-order chi connectivity index (χ0) is 18.1. The van der Waals surface area contributed by atoms with Gasteiger partial charge in [-0.25, -0.2) is 4.98 Å². The molecule has 0 atom stereocenters. The van der Waals surface area contributed by atoms with Gasteiger partial charge in [-0.05, 0) is 31.5 Å². The lowest BCUT2D eigenvalue weighted by Crippen LogP contribution is -2.13. The molecule has 130 valence electrons. The summed E-state index contributed by atoms with van der Waals surface area (Å²) in [4.78, 5) is 16.9. The van der Waals surface area contributed by atoms with E-state index in [9.17, 15) is 4.79 Å². The summed E-state index contributed by atoms with van der Waals surface area (Å²) in [6.07, 6.45) is 0.621. The molecule has 26 heavy (non-hydrogen) atoms. The molecular formula is C20H17N3O3. The molecule has 0 spiro atoms. The normalized spacial score (nSPS) is 11.0. The Kier molecular flexibility index (Phi) is 4.01. The number of carbonyl (C=O) groups is 1. The van der Waals surface area contributed by atoms with Crippen molar-refractivity contribution in [3.05, 3.63) is 77.0 Å². The zero-order valence-electron chi connectivity index (χ0n) is 14.4. The number of hydrogen-bond acceptors (Lipinski definition) is 5. The van der Waals surface area contributed by atoms with Crippen molar-refractivity contribution in [1.29, 1.82) is 0 Å². The maximum absolute atomic E-state index is 12.4. The van der Waals surface area contributed by atoms with Crippen molar-refractivity contribution in [3.63, 3.8) is 0 Å². The van der Waals surface area contributed by atoms with Crippen molar-refractivity contribution in [3.8, 4) is 0 Å². The smallest absolute Gasteiger partial charge is 0.261 e. The van der Waals surface area contributed by atoms with E-state index in [0.717, 1.165) is 11.1 Å². The van der Waals surface area contributed by atoms with Crippen LogP contribution in [0, 0.1) is 13.8 Å². The van der Waals surface area contributed by atoms with E-state index in [4.69, 9.17) is 8.94 Å². The van der Waals surface area contributed by atoms with Gasteiger partial charge in [0.2, 0.25) is 0 Å². The van der Waals surface area contributed by atoms with Crippen LogP contribution in [0.1, 0.15) is 33.3 Å². The summed E-state index contributed by atoms with van der Waals surface area (Å²) in [5.41, 5.74) is 4.16. The SMILES string of the molecule is Cc1noc(C)c1C(=O)Nc1ccc2nc(Cc3ccccc3)oc2c1. The molecule has 0 aliphatic heterocycles. The van der Waals surface area contributed by atoms with Crippen LogP contribution in [0.5, 0.6) is 0 Å². The minimum atomic E-state index is -0.260. The lowest BCUT2D eigenvalue weighted by molar-refractivity contribution is 0.102. The monoisotopic (exact) mass is 347 g/mol. The van der Waals surface area contributed by atoms with Gasteiger partial charge in [-0.15, -0.1) is 0 Å². The minimum Gasteiger partial charge on any atom is -0.440 e. The van der Waals surface area contributed by atoms with Gasteiger partial charge in [0.1, 0.15) is 16.8 Å². The highest BCUT2D eigenvalue weighted by atomic mass is 16.5. The number of oxazole rings is 1. The van der Waals surface area contributed by atoms with Gasteiger partial charge in [-0.2, -0.15) is 0 Å². The molecule has 4 rings (SSSR count). The van der Waals surface area contributed by atoms with Crippen LogP contribution in [0.15, 0.2) is 57.5 Å². The number of aromatic nitrogens is 2. The summed E-state index contributed by atoms with van der Waals surface area (Å²) >= 11 is 0. The van der Waals surface area contributed by atoms with E-state index >= 15 is 0 Å². The quantitative estimate of drug-likeness (QED) is 0.596. The van der Waals surface area contributed by atoms with Gasteiger partial charge < -0.3 is 14.3 Å². The number of benzene rings is 2. The van der Waals surface area contributed by atoms with E-state index in [-0.39, 0.29) is 5.91 Å². The molecule has 0 saturated heterocycles. The van der Waals surface area contributed by atoms with Gasteiger partial charge in [0.15, 0.2) is 11.5 Å². The third-order valence-corrected chi connectivity index (χ3v) is 4.15. The number of carbonyl (C=O) groups excluding carboxylic acids is 1. The van der Waals surface area contributed by atoms with Crippen LogP contribution in [0.2, 0.25) is 0 Å². The van der Waals surface area contributed by atoms with Crippen LogP contribution in [0.25, 0.3) is 11.1 Å². The second-order valence-electron chi connectivity index (χ2n) is 6.11. The van der Waals surface area contributed by atoms with Crippen LogP contribution in [0.3, 0.4) is 0 Å². The summed E-state index contributed by atoms with van der Waals surface area (Å²) < 4.78 is 10.9. The topological polar surface area (TPSA) is 81.2 Å². The molecule has 1 N–H and O–H groups in total. The average molecular weight is 347 g/mol. The van der Waals surface area contributed by atoms with Gasteiger partial charge in [-0.1, -0.05) is 35.5 Å². The summed E-state index contributed by atoms with van der Waals surface area (Å²) in [6, 6.07) is 15.4. The Hall–Kier alpha value is -3.41. The molecular weight excluding hydrogens is 330 g/mol. The molecule has 0 aliphatic rings. The average Bonchev–Trinajstić information content (AvgIpc) is 3.17. The third kappa shape index (κ3) is 3.09. The predicted molar refractivity (Wildman–Crippen MR) is 97.2 cm³/mol. The summed E-state index contributed by atoms with van der Waals surface area (Å²) in [5.74, 6) is 0.871. The van der Waals surface area contributed by atoms with Crippen LogP contribution < -0.4 is 5.32 Å². The van der Waals surface area contributed by atoms with Gasteiger partial charge >= 0.3 is 0 Å². The van der Waals surface area contributed by atoms with E-state index < -0.39 is 0 Å². The van der Waals surface area contributed by atoms with E-state index in [1.807, 2.05) is 36.4 Å². The predicted octanol–water partition coefficient (Wildman–Crippen LogP) is 4.28. The number of nitrogens with one attached hydrogen (secondary N) is 1. The van der Waals surface area contributed by atoms with E-state index in [2.05, 4.69) is 15.5 Å². The van der Waals surface area contributed by atoms with Gasteiger partial charge in [0.25, 0.3) is 5.91 Å². The number of hydrogen-bond donors (Lipinski definition) is 1. The first-order chi connectivity index (χ1) is 12.6. The first-order valence-electron chi connectivity index (χ1n) is 8.28. The van der Waals surface area contributed by atoms with Crippen molar-refractivity contribution in [1.82, 2.24) is 10.1 Å². The Bertz CT molecular complexity index is 1060. The van der Waals surface area contributed by atoms with Crippen molar-refractivity contribution >= 4 is 22.7 Å². The van der Waals surface area contributed by atoms with Crippen LogP contribution >= 0.6 is 0 Å². The van der Waals surface area contributed by atoms with E-state index in [1.54, 1.807) is 26.0 Å². The fraction of sp³-hybridized carbons (Fsp3) is 0.150. The van der Waals surface area contributed by atoms with Gasteiger partial charge in [0.05, 0.1) is 5.69 Å². The molecule has 2 heterocycles. The number of nitrogens with zero attached hydrogens (tertiary/aromatic N) is 2. The van der Waals surface area contributed by atoms with Crippen LogP contribution in [-0.2, 0) is 6.42 Å². The number of fused-ring (bicyclic) bond motifs is 1. The molecule has 0 saturated carbocycles. The van der Waals surface area contributed by atoms with Crippen LogP contribution in [-0.4, -0.2) is 16.0 Å². The maximum atomic E-state index is 12.4. The highest BCUT2D eigenvalue weighted by molar-refractivity contribution is 6.06. The molecule has 0 aliphatic carbocycles. The molecule has 0 bridgehead atoms. The first kappa shape index (κ1) is 16.1. The van der Waals surface area contributed by atoms with Crippen molar-refractivity contribution in [2.75, 3.05) is 5.32 Å². The lowest BCUT2D eigenvalue weighted by atomic mass is 10.1. The fourth-order valence-corrected chi connectivity index (χ4v) is 2.90. The molecule has 6 heteroatoms. The van der Waals surface area contributed by atoms with Crippen LogP contribution in [0.4, 0.5) is 5.69 Å². The Morgan fingerprint density at radius 3 is 2.65 bits per heavy atom. The van der Waals surface area contributed by atoms with Crippen molar-refractivity contribution < 1.29 is 13.7 Å². The number of anilines is 1. The molecule has 2 aromatic heterocycles. The summed E-state index contributed by atoms with van der Waals surface area (Å²) in [7, 11) is 0. The number of aryl methyl sites for hydroxylation is 2. The third-order valence-electron chi connectivity index (χ3n) is 4.15. The lowest BCUT2D eigenvalue weighted by Gasteiger charge is -2.04. The Balaban J connectivity index is 1.57. The standard InChI is InChI=1S/C20H17N3O3/c1-12-19(13(2)26-23-12)20(24)21-15-8-9-16-17(11-15)25-18(22-16)10-14-6-4-3-5-7-14/h3-9,11H,10H2,1-2H3,(H,21,24). The second kappa shape index (κ2) is 6.48. The molecule has 0 unspecified atom stereocenters. The summed E-state index contributed by atoms with van der Waals surface area (Å²) in [5, 5.41) is 6.66. The molecule has 6 nitrogen and oxygen atoms in total. The highest BCUT2D eigenvalue weighted by Crippen LogP contribution is 2.23. The Morgan fingerprint density at radius 1 is 1.12 bits per heavy atom. The summed E-state index contributed by atoms with van der Waals surface area (Å²) in [6.45, 7) is 3.45. The van der Waals surface area contributed by atoms with Crippen molar-refractivity contribution in [2.45, 2.75) is 20.3 Å². The number of rotatable bonds is 4. The molecule has 1 amide bonds. The maximum Gasteiger partial charge on any atom is 0.261 e. The van der Waals surface area contributed by atoms with Gasteiger partial charge in [-0.3, -0.25) is 4.79 Å². The van der Waals surface area contributed by atoms with Crippen molar-refractivity contribution in [2.24, 2.45) is 0 Å². The second-order valence-corrected chi connectivity index (χ2v) is 6.11. The number of amides is 1. The molecule has 0 radical (unpaired) electrons. The van der Waals surface area contributed by atoms with E-state index in [0.29, 0.717) is 40.6 Å². The fourth-order valence-electron chi connectivity index (χ4n) is 2.90. The molecule has 2 aromatic carbocycles. The largest absolute Gasteiger partial charge is 0.440 e. The minimum absolute atomic E-state index is 0.260. The first-order valence-corrected chi connectivity index (χ1v) is 8.28. The highest BCUT2D eigenvalue weighted by Gasteiger charge is 2.18. The molecule has 4 aromatic rings. The Morgan fingerprint density at radius 2 is 1.92 bits per heavy atom. The van der Waals surface area contributed by atoms with Gasteiger partial charge in [0, 0.05) is 18.2 Å².